The average Bonchev–Trinajstić information content (AvgIpc) is 2.43. The number of methoxy groups -OCH3 is 1. The lowest BCUT2D eigenvalue weighted by Gasteiger charge is -2.50. The summed E-state index contributed by atoms with van der Waals surface area (Å²) < 4.78 is 5.39. The zero-order chi connectivity index (χ0) is 14.5. The van der Waals surface area contributed by atoms with Crippen LogP contribution in [0.5, 0.6) is 5.75 Å². The predicted molar refractivity (Wildman–Crippen MR) is 80.1 cm³/mol. The molecule has 1 aromatic carbocycles. The molecule has 0 aliphatic heterocycles. The predicted octanol–water partition coefficient (Wildman–Crippen LogP) is 3.68. The number of aryl methyl sites for hydroxylation is 1. The first-order chi connectivity index (χ1) is 9.39. The summed E-state index contributed by atoms with van der Waals surface area (Å²) in [6.45, 7) is 6.44. The van der Waals surface area contributed by atoms with E-state index in [0.717, 1.165) is 18.6 Å². The lowest BCUT2D eigenvalue weighted by atomic mass is 9.52. The second-order valence-electron chi connectivity index (χ2n) is 6.82. The molecule has 0 spiro atoms. The number of allylic oxidation sites excluding steroid dienone is 2. The van der Waals surface area contributed by atoms with Gasteiger partial charge in [-0.25, -0.2) is 0 Å². The molecule has 0 saturated carbocycles. The molecular weight excluding hydrogens is 248 g/mol. The number of ketones is 1. The molecule has 0 saturated heterocycles. The van der Waals surface area contributed by atoms with Gasteiger partial charge in [-0.2, -0.15) is 0 Å². The van der Waals surface area contributed by atoms with Crippen molar-refractivity contribution in [1.29, 1.82) is 0 Å². The number of hydrogen-bond donors (Lipinski definition) is 0. The van der Waals surface area contributed by atoms with E-state index in [1.165, 1.54) is 11.1 Å². The highest BCUT2D eigenvalue weighted by atomic mass is 16.5. The van der Waals surface area contributed by atoms with Gasteiger partial charge in [-0.1, -0.05) is 32.9 Å². The molecule has 2 aliphatic carbocycles. The molecule has 3 rings (SSSR count). The molecule has 1 aromatic rings. The van der Waals surface area contributed by atoms with Crippen LogP contribution < -0.4 is 4.74 Å². The Hall–Kier alpha value is -1.57. The van der Waals surface area contributed by atoms with E-state index < -0.39 is 0 Å². The van der Waals surface area contributed by atoms with E-state index in [-0.39, 0.29) is 16.6 Å². The Labute approximate surface area is 120 Å². The first kappa shape index (κ1) is 13.4. The van der Waals surface area contributed by atoms with Crippen molar-refractivity contribution in [2.75, 3.05) is 7.11 Å². The van der Waals surface area contributed by atoms with Crippen molar-refractivity contribution in [1.82, 2.24) is 0 Å². The van der Waals surface area contributed by atoms with Gasteiger partial charge in [0.25, 0.3) is 0 Å². The zero-order valence-electron chi connectivity index (χ0n) is 12.7. The zero-order valence-corrected chi connectivity index (χ0v) is 12.7. The van der Waals surface area contributed by atoms with Crippen LogP contribution in [0.1, 0.15) is 38.3 Å². The molecule has 0 aromatic heterocycles. The summed E-state index contributed by atoms with van der Waals surface area (Å²) in [5.41, 5.74) is 2.35. The summed E-state index contributed by atoms with van der Waals surface area (Å²) in [6, 6.07) is 6.36. The van der Waals surface area contributed by atoms with Crippen molar-refractivity contribution in [3.8, 4) is 5.75 Å². The van der Waals surface area contributed by atoms with Gasteiger partial charge in [0.15, 0.2) is 5.78 Å². The van der Waals surface area contributed by atoms with Gasteiger partial charge in [0, 0.05) is 10.8 Å². The molecule has 0 heterocycles. The van der Waals surface area contributed by atoms with Crippen molar-refractivity contribution in [3.63, 3.8) is 0 Å². The molecule has 0 radical (unpaired) electrons. The van der Waals surface area contributed by atoms with E-state index in [1.807, 2.05) is 6.07 Å². The number of hydrogen-bond acceptors (Lipinski definition) is 2. The molecular formula is C18H22O2. The second-order valence-corrected chi connectivity index (χ2v) is 6.82. The number of carbonyl (C=O) groups excluding carboxylic acids is 1. The van der Waals surface area contributed by atoms with Crippen LogP contribution in [0.15, 0.2) is 30.4 Å². The molecule has 0 fully saturated rings. The quantitative estimate of drug-likeness (QED) is 0.778. The van der Waals surface area contributed by atoms with Crippen LogP contribution in [0.4, 0.5) is 0 Å². The largest absolute Gasteiger partial charge is 0.497 e. The van der Waals surface area contributed by atoms with Crippen LogP contribution in [-0.2, 0) is 16.6 Å². The van der Waals surface area contributed by atoms with Crippen molar-refractivity contribution >= 4 is 5.78 Å². The van der Waals surface area contributed by atoms with Gasteiger partial charge >= 0.3 is 0 Å². The summed E-state index contributed by atoms with van der Waals surface area (Å²) in [7, 11) is 1.70. The third kappa shape index (κ3) is 1.67. The maximum Gasteiger partial charge on any atom is 0.161 e. The highest BCUT2D eigenvalue weighted by Gasteiger charge is 2.51. The molecule has 0 bridgehead atoms. The monoisotopic (exact) mass is 270 g/mol. The molecule has 106 valence electrons. The minimum absolute atomic E-state index is 0.0699. The van der Waals surface area contributed by atoms with Crippen LogP contribution in [0.25, 0.3) is 0 Å². The van der Waals surface area contributed by atoms with Crippen LogP contribution in [0, 0.1) is 11.3 Å². The highest BCUT2D eigenvalue weighted by molar-refractivity contribution is 5.96. The summed E-state index contributed by atoms with van der Waals surface area (Å²) in [5, 5.41) is 0. The molecule has 2 aliphatic rings. The van der Waals surface area contributed by atoms with E-state index in [1.54, 1.807) is 13.2 Å². The lowest BCUT2D eigenvalue weighted by Crippen LogP contribution is -2.49. The number of ether oxygens (including phenoxy) is 1. The van der Waals surface area contributed by atoms with E-state index in [2.05, 4.69) is 39.0 Å². The van der Waals surface area contributed by atoms with Crippen LogP contribution in [0.3, 0.4) is 0 Å². The number of rotatable bonds is 1. The standard InChI is InChI=1S/C18H22O2/c1-17(2)15-8-6-12-5-7-13(20-4)11-14(12)18(15,3)10-9-16(17)19/h5,7,9-11,15H,6,8H2,1-4H3/t15-,18-/m0/s1. The number of benzene rings is 1. The van der Waals surface area contributed by atoms with Crippen molar-refractivity contribution in [2.24, 2.45) is 11.3 Å². The number of carbonyl (C=O) groups is 1. The van der Waals surface area contributed by atoms with Crippen LogP contribution in [0.2, 0.25) is 0 Å². The van der Waals surface area contributed by atoms with Gasteiger partial charge < -0.3 is 4.74 Å². The molecule has 0 unspecified atom stereocenters. The summed E-state index contributed by atoms with van der Waals surface area (Å²) in [5.74, 6) is 1.51. The molecule has 0 N–H and O–H groups in total. The topological polar surface area (TPSA) is 26.3 Å². The van der Waals surface area contributed by atoms with Gasteiger partial charge in [0.1, 0.15) is 5.75 Å². The Bertz CT molecular complexity index is 597. The third-order valence-corrected chi connectivity index (χ3v) is 5.41. The maximum atomic E-state index is 12.2. The Morgan fingerprint density at radius 2 is 2.00 bits per heavy atom. The smallest absolute Gasteiger partial charge is 0.161 e. The maximum absolute atomic E-state index is 12.2. The summed E-state index contributed by atoms with van der Waals surface area (Å²) in [4.78, 5) is 12.2. The van der Waals surface area contributed by atoms with E-state index in [4.69, 9.17) is 4.74 Å². The minimum atomic E-state index is -0.287. The molecule has 2 nitrogen and oxygen atoms in total. The number of fused-ring (bicyclic) bond motifs is 3. The first-order valence-corrected chi connectivity index (χ1v) is 7.30. The fourth-order valence-corrected chi connectivity index (χ4v) is 4.14. The average molecular weight is 270 g/mol. The fraction of sp³-hybridized carbons (Fsp3) is 0.500. The highest BCUT2D eigenvalue weighted by Crippen LogP contribution is 2.53. The third-order valence-electron chi connectivity index (χ3n) is 5.41. The van der Waals surface area contributed by atoms with Gasteiger partial charge in [0.05, 0.1) is 7.11 Å². The van der Waals surface area contributed by atoms with Crippen molar-refractivity contribution < 1.29 is 9.53 Å². The first-order valence-electron chi connectivity index (χ1n) is 7.30. The minimum Gasteiger partial charge on any atom is -0.497 e. The van der Waals surface area contributed by atoms with Crippen LogP contribution >= 0.6 is 0 Å². The second kappa shape index (κ2) is 4.21. The summed E-state index contributed by atoms with van der Waals surface area (Å²) >= 11 is 0. The van der Waals surface area contributed by atoms with Crippen molar-refractivity contribution in [3.05, 3.63) is 41.5 Å². The van der Waals surface area contributed by atoms with Gasteiger partial charge in [-0.3, -0.25) is 4.79 Å². The van der Waals surface area contributed by atoms with Crippen LogP contribution in [-0.4, -0.2) is 12.9 Å². The molecule has 0 amide bonds. The SMILES string of the molecule is COc1ccc2c(c1)[C@]1(C)C=CC(=O)C(C)(C)[C@@H]1CC2. The van der Waals surface area contributed by atoms with E-state index >= 15 is 0 Å². The van der Waals surface area contributed by atoms with Gasteiger partial charge in [0.2, 0.25) is 0 Å². The normalized spacial score (nSPS) is 30.6. The van der Waals surface area contributed by atoms with Gasteiger partial charge in [-0.05, 0) is 48.1 Å². The van der Waals surface area contributed by atoms with E-state index in [0.29, 0.717) is 5.92 Å². The molecule has 2 heteroatoms. The molecule has 20 heavy (non-hydrogen) atoms. The fourth-order valence-electron chi connectivity index (χ4n) is 4.14. The molecule has 2 atom stereocenters. The van der Waals surface area contributed by atoms with Crippen molar-refractivity contribution in [2.45, 2.75) is 39.0 Å². The Morgan fingerprint density at radius 1 is 1.25 bits per heavy atom. The van der Waals surface area contributed by atoms with Gasteiger partial charge in [-0.15, -0.1) is 0 Å². The Balaban J connectivity index is 2.20. The summed E-state index contributed by atoms with van der Waals surface area (Å²) in [6.07, 6.45) is 6.01. The van der Waals surface area contributed by atoms with E-state index in [9.17, 15) is 4.79 Å². The Kier molecular flexibility index (Phi) is 2.82. The Morgan fingerprint density at radius 3 is 2.70 bits per heavy atom. The lowest BCUT2D eigenvalue weighted by molar-refractivity contribution is -0.127.